The van der Waals surface area contributed by atoms with Gasteiger partial charge in [-0.05, 0) is 42.7 Å². The molecule has 0 N–H and O–H groups in total. The summed E-state index contributed by atoms with van der Waals surface area (Å²) in [6.07, 6.45) is 5.58. The molecule has 25 heavy (non-hydrogen) atoms. The van der Waals surface area contributed by atoms with Crippen molar-refractivity contribution in [3.63, 3.8) is 0 Å². The van der Waals surface area contributed by atoms with Crippen molar-refractivity contribution in [1.82, 2.24) is 14.9 Å². The molecule has 1 aliphatic rings. The van der Waals surface area contributed by atoms with Crippen molar-refractivity contribution in [2.24, 2.45) is 0 Å². The van der Waals surface area contributed by atoms with E-state index in [1.165, 1.54) is 11.3 Å². The number of hydrogen-bond donors (Lipinski definition) is 0. The summed E-state index contributed by atoms with van der Waals surface area (Å²) in [5.74, 6) is 0.00373. The van der Waals surface area contributed by atoms with Gasteiger partial charge in [0.25, 0.3) is 5.91 Å². The summed E-state index contributed by atoms with van der Waals surface area (Å²) >= 11 is 7.67. The van der Waals surface area contributed by atoms with Crippen LogP contribution in [0.15, 0.2) is 48.8 Å². The van der Waals surface area contributed by atoms with Crippen LogP contribution in [0.3, 0.4) is 0 Å². The minimum atomic E-state index is 0.00373. The Morgan fingerprint density at radius 2 is 1.84 bits per heavy atom. The van der Waals surface area contributed by atoms with E-state index in [0.717, 1.165) is 46.9 Å². The number of amides is 1. The molecule has 3 heterocycles. The summed E-state index contributed by atoms with van der Waals surface area (Å²) in [5.41, 5.74) is 2.40. The van der Waals surface area contributed by atoms with Crippen molar-refractivity contribution in [3.8, 4) is 21.0 Å². The van der Waals surface area contributed by atoms with E-state index >= 15 is 0 Å². The molecule has 1 fully saturated rings. The lowest BCUT2D eigenvalue weighted by Crippen LogP contribution is -2.28. The molecular weight excluding hydrogens is 354 g/mol. The highest BCUT2D eigenvalue weighted by Crippen LogP contribution is 2.37. The van der Waals surface area contributed by atoms with Gasteiger partial charge in [0.1, 0.15) is 10.7 Å². The van der Waals surface area contributed by atoms with Crippen molar-refractivity contribution >= 4 is 28.8 Å². The van der Waals surface area contributed by atoms with Crippen LogP contribution in [0.25, 0.3) is 21.0 Å². The van der Waals surface area contributed by atoms with Crippen LogP contribution in [0, 0.1) is 0 Å². The van der Waals surface area contributed by atoms with Crippen LogP contribution >= 0.6 is 22.9 Å². The number of thiazole rings is 1. The van der Waals surface area contributed by atoms with E-state index in [-0.39, 0.29) is 5.91 Å². The molecule has 0 bridgehead atoms. The van der Waals surface area contributed by atoms with Gasteiger partial charge < -0.3 is 4.90 Å². The second-order valence-electron chi connectivity index (χ2n) is 5.94. The Balaban J connectivity index is 1.82. The van der Waals surface area contributed by atoms with Crippen LogP contribution in [-0.4, -0.2) is 33.9 Å². The number of likely N-dealkylation sites (tertiary alicyclic amines) is 1. The van der Waals surface area contributed by atoms with Gasteiger partial charge >= 0.3 is 0 Å². The van der Waals surface area contributed by atoms with Crippen LogP contribution in [0.4, 0.5) is 0 Å². The smallest absolute Gasteiger partial charge is 0.274 e. The third-order valence-corrected chi connectivity index (χ3v) is 5.63. The van der Waals surface area contributed by atoms with Crippen LogP contribution in [0.5, 0.6) is 0 Å². The first-order valence-electron chi connectivity index (χ1n) is 8.19. The molecule has 1 saturated heterocycles. The first-order valence-corrected chi connectivity index (χ1v) is 9.38. The number of rotatable bonds is 3. The molecule has 4 rings (SSSR count). The average Bonchev–Trinajstić information content (AvgIpc) is 3.32. The third kappa shape index (κ3) is 3.30. The van der Waals surface area contributed by atoms with Crippen LogP contribution in [0.2, 0.25) is 5.02 Å². The number of benzene rings is 1. The van der Waals surface area contributed by atoms with Gasteiger partial charge in [-0.25, -0.2) is 4.98 Å². The van der Waals surface area contributed by atoms with Crippen LogP contribution < -0.4 is 0 Å². The van der Waals surface area contributed by atoms with Crippen molar-refractivity contribution < 1.29 is 4.79 Å². The lowest BCUT2D eigenvalue weighted by molar-refractivity contribution is 0.0788. The Bertz CT molecular complexity index is 904. The predicted octanol–water partition coefficient (Wildman–Crippen LogP) is 4.76. The van der Waals surface area contributed by atoms with Crippen LogP contribution in [0.1, 0.15) is 23.3 Å². The SMILES string of the molecule is O=C(c1nc(-c2ccncc2)sc1-c1cccc(Cl)c1)N1CCCC1. The number of pyridine rings is 1. The zero-order valence-corrected chi connectivity index (χ0v) is 15.1. The molecule has 0 unspecified atom stereocenters. The maximum atomic E-state index is 13.0. The van der Waals surface area contributed by atoms with Crippen molar-refractivity contribution in [2.75, 3.05) is 13.1 Å². The zero-order chi connectivity index (χ0) is 17.2. The molecule has 126 valence electrons. The first-order chi connectivity index (χ1) is 12.2. The minimum Gasteiger partial charge on any atom is -0.337 e. The van der Waals surface area contributed by atoms with Crippen LogP contribution in [-0.2, 0) is 0 Å². The first kappa shape index (κ1) is 16.2. The van der Waals surface area contributed by atoms with E-state index in [0.29, 0.717) is 10.7 Å². The monoisotopic (exact) mass is 369 g/mol. The van der Waals surface area contributed by atoms with Gasteiger partial charge in [-0.3, -0.25) is 9.78 Å². The maximum Gasteiger partial charge on any atom is 0.274 e. The number of carbonyl (C=O) groups excluding carboxylic acids is 1. The average molecular weight is 370 g/mol. The molecule has 0 radical (unpaired) electrons. The summed E-state index contributed by atoms with van der Waals surface area (Å²) in [4.78, 5) is 24.5. The molecule has 2 aromatic heterocycles. The molecule has 0 spiro atoms. The molecule has 1 aliphatic heterocycles. The van der Waals surface area contributed by atoms with E-state index < -0.39 is 0 Å². The summed E-state index contributed by atoms with van der Waals surface area (Å²) in [6.45, 7) is 1.60. The fourth-order valence-electron chi connectivity index (χ4n) is 2.98. The van der Waals surface area contributed by atoms with Gasteiger partial charge in [-0.15, -0.1) is 11.3 Å². The normalized spacial score (nSPS) is 14.0. The molecule has 0 saturated carbocycles. The lowest BCUT2D eigenvalue weighted by Gasteiger charge is -2.14. The summed E-state index contributed by atoms with van der Waals surface area (Å²) in [7, 11) is 0. The standard InChI is InChI=1S/C19H16ClN3OS/c20-15-5-3-4-14(12-15)17-16(19(24)23-10-1-2-11-23)22-18(25-17)13-6-8-21-9-7-13/h3-9,12H,1-2,10-11H2. The fourth-order valence-corrected chi connectivity index (χ4v) is 4.23. The summed E-state index contributed by atoms with van der Waals surface area (Å²) in [6, 6.07) is 11.4. The van der Waals surface area contributed by atoms with E-state index in [9.17, 15) is 4.79 Å². The Morgan fingerprint density at radius 3 is 2.56 bits per heavy atom. The highest BCUT2D eigenvalue weighted by Gasteiger charge is 2.26. The number of hydrogen-bond acceptors (Lipinski definition) is 4. The Morgan fingerprint density at radius 1 is 1.08 bits per heavy atom. The second-order valence-corrected chi connectivity index (χ2v) is 7.38. The van der Waals surface area contributed by atoms with Gasteiger partial charge in [0.05, 0.1) is 4.88 Å². The lowest BCUT2D eigenvalue weighted by atomic mass is 10.1. The van der Waals surface area contributed by atoms with Crippen molar-refractivity contribution in [1.29, 1.82) is 0 Å². The molecule has 3 aromatic rings. The third-order valence-electron chi connectivity index (χ3n) is 4.24. The van der Waals surface area contributed by atoms with E-state index in [1.807, 2.05) is 41.3 Å². The summed E-state index contributed by atoms with van der Waals surface area (Å²) < 4.78 is 0. The predicted molar refractivity (Wildman–Crippen MR) is 101 cm³/mol. The highest BCUT2D eigenvalue weighted by atomic mass is 35.5. The number of aromatic nitrogens is 2. The maximum absolute atomic E-state index is 13.0. The second kappa shape index (κ2) is 6.94. The van der Waals surface area contributed by atoms with E-state index in [2.05, 4.69) is 9.97 Å². The Kier molecular flexibility index (Phi) is 4.51. The van der Waals surface area contributed by atoms with Crippen molar-refractivity contribution in [2.45, 2.75) is 12.8 Å². The fraction of sp³-hybridized carbons (Fsp3) is 0.211. The molecule has 0 aliphatic carbocycles. The summed E-state index contributed by atoms with van der Waals surface area (Å²) in [5, 5.41) is 1.47. The van der Waals surface area contributed by atoms with E-state index in [4.69, 9.17) is 11.6 Å². The molecule has 1 aromatic carbocycles. The van der Waals surface area contributed by atoms with E-state index in [1.54, 1.807) is 12.4 Å². The molecule has 1 amide bonds. The quantitative estimate of drug-likeness (QED) is 0.668. The Hall–Kier alpha value is -2.24. The molecule has 0 atom stereocenters. The van der Waals surface area contributed by atoms with Crippen molar-refractivity contribution in [3.05, 3.63) is 59.5 Å². The van der Waals surface area contributed by atoms with Gasteiger partial charge in [0, 0.05) is 36.1 Å². The van der Waals surface area contributed by atoms with Gasteiger partial charge in [0.2, 0.25) is 0 Å². The molecular formula is C19H16ClN3OS. The largest absolute Gasteiger partial charge is 0.337 e. The molecule has 6 heteroatoms. The number of halogens is 1. The number of carbonyl (C=O) groups is 1. The highest BCUT2D eigenvalue weighted by molar-refractivity contribution is 7.18. The Labute approximate surface area is 155 Å². The van der Waals surface area contributed by atoms with Gasteiger partial charge in [-0.2, -0.15) is 0 Å². The number of nitrogens with zero attached hydrogens (tertiary/aromatic N) is 3. The minimum absolute atomic E-state index is 0.00373. The van der Waals surface area contributed by atoms with Gasteiger partial charge in [-0.1, -0.05) is 23.7 Å². The zero-order valence-electron chi connectivity index (χ0n) is 13.5. The van der Waals surface area contributed by atoms with Gasteiger partial charge in [0.15, 0.2) is 0 Å². The molecule has 4 nitrogen and oxygen atoms in total. The topological polar surface area (TPSA) is 46.1 Å².